The SMILES string of the molecule is CN(CCS(=O)(=O)O)c1ccc([N+](=O)[O-])cc1S(=O)(=O)O. The van der Waals surface area contributed by atoms with Crippen LogP contribution in [0.1, 0.15) is 0 Å². The van der Waals surface area contributed by atoms with Crippen LogP contribution in [0.15, 0.2) is 23.1 Å². The van der Waals surface area contributed by atoms with Gasteiger partial charge in [-0.2, -0.15) is 16.8 Å². The first-order chi connectivity index (χ1) is 9.42. The van der Waals surface area contributed by atoms with Crippen LogP contribution >= 0.6 is 0 Å². The summed E-state index contributed by atoms with van der Waals surface area (Å²) in [6.07, 6.45) is 0. The second-order valence-corrected chi connectivity index (χ2v) is 7.05. The van der Waals surface area contributed by atoms with E-state index in [0.29, 0.717) is 6.07 Å². The molecule has 2 N–H and O–H groups in total. The highest BCUT2D eigenvalue weighted by molar-refractivity contribution is 7.86. The molecule has 12 heteroatoms. The first kappa shape index (κ1) is 17.3. The van der Waals surface area contributed by atoms with Crippen molar-refractivity contribution in [2.45, 2.75) is 4.90 Å². The fourth-order valence-corrected chi connectivity index (χ4v) is 2.77. The van der Waals surface area contributed by atoms with Gasteiger partial charge in [0.1, 0.15) is 4.90 Å². The summed E-state index contributed by atoms with van der Waals surface area (Å²) in [5.74, 6) is -0.675. The minimum Gasteiger partial charge on any atom is -0.372 e. The summed E-state index contributed by atoms with van der Waals surface area (Å²) in [6.45, 7) is -0.279. The predicted octanol–water partition coefficient (Wildman–Crippen LogP) is 0.166. The molecule has 0 amide bonds. The molecule has 0 atom stereocenters. The predicted molar refractivity (Wildman–Crippen MR) is 72.6 cm³/mol. The minimum absolute atomic E-state index is 0.133. The molecule has 0 bridgehead atoms. The van der Waals surface area contributed by atoms with Crippen LogP contribution in [0.4, 0.5) is 11.4 Å². The van der Waals surface area contributed by atoms with Crippen LogP contribution in [0.2, 0.25) is 0 Å². The topological polar surface area (TPSA) is 155 Å². The quantitative estimate of drug-likeness (QED) is 0.418. The maximum Gasteiger partial charge on any atom is 0.296 e. The zero-order valence-electron chi connectivity index (χ0n) is 10.7. The summed E-state index contributed by atoms with van der Waals surface area (Å²) in [6, 6.07) is 2.73. The Morgan fingerprint density at radius 1 is 1.24 bits per heavy atom. The molecule has 118 valence electrons. The van der Waals surface area contributed by atoms with Crippen LogP contribution in [0.25, 0.3) is 0 Å². The number of anilines is 1. The average molecular weight is 340 g/mol. The van der Waals surface area contributed by atoms with Gasteiger partial charge in [0.05, 0.1) is 16.4 Å². The number of hydrogen-bond acceptors (Lipinski definition) is 7. The number of hydrogen-bond donors (Lipinski definition) is 2. The lowest BCUT2D eigenvalue weighted by molar-refractivity contribution is -0.385. The largest absolute Gasteiger partial charge is 0.372 e. The third-order valence-electron chi connectivity index (χ3n) is 2.53. The summed E-state index contributed by atoms with van der Waals surface area (Å²) >= 11 is 0. The Bertz CT molecular complexity index is 756. The minimum atomic E-state index is -4.75. The number of nitrogens with zero attached hydrogens (tertiary/aromatic N) is 2. The van der Waals surface area contributed by atoms with E-state index in [9.17, 15) is 26.9 Å². The Hall–Kier alpha value is -1.76. The van der Waals surface area contributed by atoms with E-state index in [2.05, 4.69) is 0 Å². The third-order valence-corrected chi connectivity index (χ3v) is 4.11. The zero-order valence-corrected chi connectivity index (χ0v) is 12.3. The van der Waals surface area contributed by atoms with Gasteiger partial charge in [-0.15, -0.1) is 0 Å². The number of nitro groups is 1. The molecule has 0 aliphatic rings. The van der Waals surface area contributed by atoms with Crippen LogP contribution in [-0.4, -0.2) is 50.2 Å². The van der Waals surface area contributed by atoms with E-state index in [0.717, 1.165) is 17.0 Å². The van der Waals surface area contributed by atoms with Gasteiger partial charge in [0.15, 0.2) is 0 Å². The van der Waals surface area contributed by atoms with Crippen LogP contribution in [0.3, 0.4) is 0 Å². The van der Waals surface area contributed by atoms with Crippen LogP contribution in [0.5, 0.6) is 0 Å². The molecule has 0 aliphatic carbocycles. The van der Waals surface area contributed by atoms with Crippen molar-refractivity contribution in [2.24, 2.45) is 0 Å². The molecule has 0 radical (unpaired) electrons. The number of benzene rings is 1. The van der Waals surface area contributed by atoms with Crippen LogP contribution in [0, 0.1) is 10.1 Å². The monoisotopic (exact) mass is 340 g/mol. The Morgan fingerprint density at radius 3 is 2.24 bits per heavy atom. The van der Waals surface area contributed by atoms with Crippen molar-refractivity contribution in [1.29, 1.82) is 0 Å². The maximum absolute atomic E-state index is 11.3. The highest BCUT2D eigenvalue weighted by Gasteiger charge is 2.22. The van der Waals surface area contributed by atoms with Gasteiger partial charge in [0.25, 0.3) is 25.9 Å². The standard InChI is InChI=1S/C9H12N2O8S2/c1-10(4-5-20(14,15)16)8-3-2-7(11(12)13)6-9(8)21(17,18)19/h2-3,6H,4-5H2,1H3,(H,14,15,16)(H,17,18,19). The van der Waals surface area contributed by atoms with E-state index in [1.54, 1.807) is 0 Å². The molecule has 0 spiro atoms. The van der Waals surface area contributed by atoms with Gasteiger partial charge in [-0.3, -0.25) is 19.2 Å². The molecule has 0 aliphatic heterocycles. The van der Waals surface area contributed by atoms with Gasteiger partial charge in [0.2, 0.25) is 0 Å². The second kappa shape index (κ2) is 5.93. The second-order valence-electron chi connectivity index (χ2n) is 4.09. The fraction of sp³-hybridized carbons (Fsp3) is 0.333. The molecular formula is C9H12N2O8S2. The summed E-state index contributed by atoms with van der Waals surface area (Å²) in [7, 11) is -7.70. The van der Waals surface area contributed by atoms with E-state index < -0.39 is 41.5 Å². The van der Waals surface area contributed by atoms with Gasteiger partial charge in [0, 0.05) is 25.7 Å². The van der Waals surface area contributed by atoms with Gasteiger partial charge in [-0.1, -0.05) is 0 Å². The van der Waals surface area contributed by atoms with Crippen molar-refractivity contribution >= 4 is 31.6 Å². The summed E-state index contributed by atoms with van der Waals surface area (Å²) in [5, 5.41) is 10.6. The lowest BCUT2D eigenvalue weighted by Crippen LogP contribution is -2.26. The molecule has 1 aromatic rings. The Balaban J connectivity index is 3.26. The Kier molecular flexibility index (Phi) is 4.88. The number of nitro benzene ring substituents is 1. The number of non-ortho nitro benzene ring substituents is 1. The average Bonchev–Trinajstić information content (AvgIpc) is 2.33. The smallest absolute Gasteiger partial charge is 0.296 e. The first-order valence-electron chi connectivity index (χ1n) is 5.34. The normalized spacial score (nSPS) is 12.1. The van der Waals surface area contributed by atoms with Crippen molar-refractivity contribution < 1.29 is 30.9 Å². The zero-order chi connectivity index (χ0) is 16.4. The van der Waals surface area contributed by atoms with Gasteiger partial charge in [-0.25, -0.2) is 0 Å². The van der Waals surface area contributed by atoms with Crippen LogP contribution < -0.4 is 4.90 Å². The van der Waals surface area contributed by atoms with E-state index >= 15 is 0 Å². The molecule has 0 fully saturated rings. The fourth-order valence-electron chi connectivity index (χ4n) is 1.51. The van der Waals surface area contributed by atoms with Crippen molar-refractivity contribution in [2.75, 3.05) is 24.2 Å². The van der Waals surface area contributed by atoms with Gasteiger partial charge >= 0.3 is 0 Å². The Labute approximate surface area is 120 Å². The van der Waals surface area contributed by atoms with Crippen molar-refractivity contribution in [3.63, 3.8) is 0 Å². The molecule has 0 saturated carbocycles. The highest BCUT2D eigenvalue weighted by Crippen LogP contribution is 2.28. The van der Waals surface area contributed by atoms with Crippen molar-refractivity contribution in [1.82, 2.24) is 0 Å². The van der Waals surface area contributed by atoms with E-state index in [4.69, 9.17) is 9.11 Å². The highest BCUT2D eigenvalue weighted by atomic mass is 32.2. The first-order valence-corrected chi connectivity index (χ1v) is 8.39. The molecule has 0 heterocycles. The summed E-state index contributed by atoms with van der Waals surface area (Å²) < 4.78 is 61.6. The lowest BCUT2D eigenvalue weighted by Gasteiger charge is -2.20. The summed E-state index contributed by atoms with van der Waals surface area (Å²) in [4.78, 5) is 10.2. The Morgan fingerprint density at radius 2 is 1.81 bits per heavy atom. The molecule has 0 aromatic heterocycles. The molecule has 10 nitrogen and oxygen atoms in total. The molecule has 1 rings (SSSR count). The van der Waals surface area contributed by atoms with Gasteiger partial charge < -0.3 is 4.90 Å². The molecule has 0 saturated heterocycles. The molecular weight excluding hydrogens is 328 g/mol. The van der Waals surface area contributed by atoms with Crippen molar-refractivity contribution in [3.05, 3.63) is 28.3 Å². The van der Waals surface area contributed by atoms with Crippen molar-refractivity contribution in [3.8, 4) is 0 Å². The molecule has 0 unspecified atom stereocenters. The van der Waals surface area contributed by atoms with Gasteiger partial charge in [-0.05, 0) is 6.07 Å². The number of rotatable bonds is 6. The summed E-state index contributed by atoms with van der Waals surface area (Å²) in [5.41, 5.74) is -0.679. The van der Waals surface area contributed by atoms with E-state index in [1.165, 1.54) is 7.05 Å². The van der Waals surface area contributed by atoms with Crippen LogP contribution in [-0.2, 0) is 20.2 Å². The molecule has 1 aromatic carbocycles. The van der Waals surface area contributed by atoms with E-state index in [1.807, 2.05) is 0 Å². The third kappa shape index (κ3) is 4.93. The molecule has 21 heavy (non-hydrogen) atoms. The maximum atomic E-state index is 11.3. The lowest BCUT2D eigenvalue weighted by atomic mass is 10.2. The van der Waals surface area contributed by atoms with E-state index in [-0.39, 0.29) is 12.2 Å².